The number of carbonyl (C=O) groups excluding carboxylic acids is 1. The molecule has 1 aromatic heterocycles. The Labute approximate surface area is 144 Å². The van der Waals surface area contributed by atoms with Crippen molar-refractivity contribution in [3.05, 3.63) is 55.8 Å². The first kappa shape index (κ1) is 14.7. The molecule has 1 aliphatic rings. The van der Waals surface area contributed by atoms with E-state index in [9.17, 15) is 4.79 Å². The Bertz CT molecular complexity index is 772. The molecule has 106 valence electrons. The van der Waals surface area contributed by atoms with Crippen LogP contribution in [0.15, 0.2) is 45.2 Å². The van der Waals surface area contributed by atoms with Gasteiger partial charge in [-0.25, -0.2) is 0 Å². The smallest absolute Gasteiger partial charge is 0.281 e. The lowest BCUT2D eigenvalue weighted by atomic mass is 10.2. The Morgan fingerprint density at radius 3 is 2.81 bits per heavy atom. The molecule has 2 aromatic rings. The van der Waals surface area contributed by atoms with E-state index in [4.69, 9.17) is 23.8 Å². The molecule has 2 heterocycles. The second-order valence-electron chi connectivity index (χ2n) is 4.26. The fourth-order valence-corrected chi connectivity index (χ4v) is 3.60. The van der Waals surface area contributed by atoms with E-state index in [1.165, 1.54) is 4.90 Å². The highest BCUT2D eigenvalue weighted by molar-refractivity contribution is 9.11. The number of carbonyl (C=O) groups is 1. The number of hydrogen-bond donors (Lipinski definition) is 1. The normalized spacial score (nSPS) is 16.7. The van der Waals surface area contributed by atoms with Crippen molar-refractivity contribution in [2.24, 2.45) is 0 Å². The summed E-state index contributed by atoms with van der Waals surface area (Å²) in [4.78, 5) is 13.9. The van der Waals surface area contributed by atoms with Gasteiger partial charge in [0, 0.05) is 0 Å². The lowest BCUT2D eigenvalue weighted by molar-refractivity contribution is -0.113. The van der Waals surface area contributed by atoms with Gasteiger partial charge in [-0.3, -0.25) is 9.69 Å². The maximum Gasteiger partial charge on any atom is 0.281 e. The van der Waals surface area contributed by atoms with Crippen molar-refractivity contribution >= 4 is 73.9 Å². The van der Waals surface area contributed by atoms with E-state index in [0.29, 0.717) is 21.5 Å². The second-order valence-corrected chi connectivity index (χ2v) is 7.35. The van der Waals surface area contributed by atoms with Crippen LogP contribution in [0.5, 0.6) is 0 Å². The molecule has 1 saturated heterocycles. The lowest BCUT2D eigenvalue weighted by Gasteiger charge is -2.15. The topological polar surface area (TPSA) is 32.3 Å². The zero-order valence-electron chi connectivity index (χ0n) is 10.5. The summed E-state index contributed by atoms with van der Waals surface area (Å²) in [5.74, 6) is -0.213. The maximum atomic E-state index is 12.5. The van der Waals surface area contributed by atoms with E-state index < -0.39 is 0 Å². The number of thiocarbonyl (C=S) groups is 1. The van der Waals surface area contributed by atoms with Gasteiger partial charge >= 0.3 is 0 Å². The number of nitrogens with one attached hydrogen (secondary N) is 1. The van der Waals surface area contributed by atoms with E-state index in [1.807, 2.05) is 23.6 Å². The van der Waals surface area contributed by atoms with Crippen molar-refractivity contribution in [2.75, 3.05) is 4.90 Å². The van der Waals surface area contributed by atoms with Gasteiger partial charge in [0.15, 0.2) is 5.11 Å². The molecule has 1 N–H and O–H groups in total. The highest BCUT2D eigenvalue weighted by Crippen LogP contribution is 2.30. The van der Waals surface area contributed by atoms with Gasteiger partial charge in [-0.2, -0.15) is 0 Å². The highest BCUT2D eigenvalue weighted by atomic mass is 79.9. The van der Waals surface area contributed by atoms with Crippen molar-refractivity contribution in [3.8, 4) is 0 Å². The van der Waals surface area contributed by atoms with Gasteiger partial charge in [-0.05, 0) is 63.4 Å². The molecule has 0 radical (unpaired) electrons. The zero-order valence-corrected chi connectivity index (χ0v) is 14.4. The molecule has 1 fully saturated rings. The summed E-state index contributed by atoms with van der Waals surface area (Å²) in [6, 6.07) is 9.05. The summed E-state index contributed by atoms with van der Waals surface area (Å²) < 4.78 is 1.00. The van der Waals surface area contributed by atoms with E-state index in [2.05, 4.69) is 21.2 Å². The monoisotopic (exact) mass is 398 g/mol. The van der Waals surface area contributed by atoms with Crippen molar-refractivity contribution in [1.29, 1.82) is 0 Å². The average molecular weight is 400 g/mol. The van der Waals surface area contributed by atoms with Crippen LogP contribution in [-0.4, -0.2) is 11.0 Å². The van der Waals surface area contributed by atoms with E-state index in [1.54, 1.807) is 29.5 Å². The first-order valence-electron chi connectivity index (χ1n) is 5.92. The molecule has 0 saturated carbocycles. The molecule has 3 rings (SSSR count). The molecule has 0 atom stereocenters. The van der Waals surface area contributed by atoms with Crippen LogP contribution in [0, 0.1) is 0 Å². The lowest BCUT2D eigenvalue weighted by Crippen LogP contribution is -2.30. The third-order valence-electron chi connectivity index (χ3n) is 2.87. The summed E-state index contributed by atoms with van der Waals surface area (Å²) in [5, 5.41) is 5.70. The number of thiophene rings is 1. The predicted molar refractivity (Wildman–Crippen MR) is 94.7 cm³/mol. The van der Waals surface area contributed by atoms with Crippen LogP contribution < -0.4 is 10.2 Å². The summed E-state index contributed by atoms with van der Waals surface area (Å²) in [5.41, 5.74) is 1.95. The number of nitrogens with zero attached hydrogens (tertiary/aromatic N) is 1. The molecule has 7 heteroatoms. The summed E-state index contributed by atoms with van der Waals surface area (Å²) in [6.07, 6.45) is 1.77. The molecule has 3 nitrogen and oxygen atoms in total. The Kier molecular flexibility index (Phi) is 4.12. The van der Waals surface area contributed by atoms with Crippen LogP contribution in [0.25, 0.3) is 6.08 Å². The molecule has 1 amide bonds. The number of halogens is 2. The molecular weight excluding hydrogens is 392 g/mol. The number of rotatable bonds is 2. The second kappa shape index (κ2) is 5.88. The van der Waals surface area contributed by atoms with Crippen LogP contribution in [0.4, 0.5) is 5.69 Å². The van der Waals surface area contributed by atoms with Crippen LogP contribution >= 0.6 is 51.1 Å². The van der Waals surface area contributed by atoms with E-state index >= 15 is 0 Å². The van der Waals surface area contributed by atoms with Gasteiger partial charge < -0.3 is 5.32 Å². The fourth-order valence-electron chi connectivity index (χ4n) is 1.95. The molecule has 21 heavy (non-hydrogen) atoms. The van der Waals surface area contributed by atoms with Gasteiger partial charge in [0.25, 0.3) is 5.91 Å². The molecule has 0 bridgehead atoms. The third kappa shape index (κ3) is 2.89. The first-order valence-corrected chi connectivity index (χ1v) is 8.38. The Morgan fingerprint density at radius 1 is 1.38 bits per heavy atom. The molecule has 1 aliphatic heterocycles. The van der Waals surface area contributed by atoms with Crippen molar-refractivity contribution < 1.29 is 4.79 Å². The molecule has 0 spiro atoms. The maximum absolute atomic E-state index is 12.5. The number of para-hydroxylation sites is 1. The van der Waals surface area contributed by atoms with Gasteiger partial charge in [0.2, 0.25) is 0 Å². The minimum Gasteiger partial charge on any atom is -0.327 e. The Morgan fingerprint density at radius 2 is 2.14 bits per heavy atom. The average Bonchev–Trinajstić information content (AvgIpc) is 2.96. The van der Waals surface area contributed by atoms with Crippen LogP contribution in [0.2, 0.25) is 5.02 Å². The van der Waals surface area contributed by atoms with Crippen LogP contribution in [-0.2, 0) is 4.79 Å². The molecule has 0 unspecified atom stereocenters. The van der Waals surface area contributed by atoms with Crippen molar-refractivity contribution in [1.82, 2.24) is 5.32 Å². The Balaban J connectivity index is 1.96. The van der Waals surface area contributed by atoms with Gasteiger partial charge in [-0.15, -0.1) is 11.3 Å². The fraction of sp³-hybridized carbons (Fsp3) is 0. The van der Waals surface area contributed by atoms with Gasteiger partial charge in [-0.1, -0.05) is 23.7 Å². The predicted octanol–water partition coefficient (Wildman–Crippen LogP) is 4.43. The SMILES string of the molecule is O=C1/C(=C/c2csc(Br)c2)NC(=S)N1c1ccccc1Cl. The molecule has 0 aliphatic carbocycles. The highest BCUT2D eigenvalue weighted by Gasteiger charge is 2.33. The Hall–Kier alpha value is -1.21. The van der Waals surface area contributed by atoms with Crippen molar-refractivity contribution in [3.63, 3.8) is 0 Å². The zero-order chi connectivity index (χ0) is 15.0. The van der Waals surface area contributed by atoms with E-state index in [-0.39, 0.29) is 5.91 Å². The number of hydrogen-bond acceptors (Lipinski definition) is 3. The van der Waals surface area contributed by atoms with Crippen LogP contribution in [0.1, 0.15) is 5.56 Å². The third-order valence-corrected chi connectivity index (χ3v) is 5.00. The summed E-state index contributed by atoms with van der Waals surface area (Å²) >= 11 is 16.3. The quantitative estimate of drug-likeness (QED) is 0.599. The first-order chi connectivity index (χ1) is 10.1. The standard InChI is InChI=1S/C14H8BrClN2OS2/c15-12-6-8(7-21-12)5-10-13(19)18(14(20)17-10)11-4-2-1-3-9(11)16/h1-7H,(H,17,20)/b10-5-. The summed E-state index contributed by atoms with van der Waals surface area (Å²) in [7, 11) is 0. The van der Waals surface area contributed by atoms with Crippen molar-refractivity contribution in [2.45, 2.75) is 0 Å². The molecular formula is C14H8BrClN2OS2. The minimum absolute atomic E-state index is 0.213. The van der Waals surface area contributed by atoms with Gasteiger partial charge in [0.1, 0.15) is 5.70 Å². The minimum atomic E-state index is -0.213. The van der Waals surface area contributed by atoms with Crippen LogP contribution in [0.3, 0.4) is 0 Å². The number of amides is 1. The number of benzene rings is 1. The van der Waals surface area contributed by atoms with E-state index in [0.717, 1.165) is 9.35 Å². The largest absolute Gasteiger partial charge is 0.327 e. The number of anilines is 1. The van der Waals surface area contributed by atoms with Gasteiger partial charge in [0.05, 0.1) is 14.5 Å². The molecule has 1 aromatic carbocycles. The summed E-state index contributed by atoms with van der Waals surface area (Å²) in [6.45, 7) is 0.